The lowest BCUT2D eigenvalue weighted by Crippen LogP contribution is -2.39. The van der Waals surface area contributed by atoms with Crippen LogP contribution in [-0.2, 0) is 14.3 Å². The second-order valence-electron chi connectivity index (χ2n) is 6.01. The van der Waals surface area contributed by atoms with E-state index in [2.05, 4.69) is 15.9 Å². The second kappa shape index (κ2) is 7.53. The molecule has 2 fully saturated rings. The zero-order chi connectivity index (χ0) is 15.4. The molecule has 0 N–H and O–H groups in total. The van der Waals surface area contributed by atoms with Crippen molar-refractivity contribution in [2.75, 3.05) is 6.61 Å². The van der Waals surface area contributed by atoms with Crippen LogP contribution in [0, 0.1) is 5.92 Å². The molecule has 22 heavy (non-hydrogen) atoms. The van der Waals surface area contributed by atoms with Gasteiger partial charge < -0.3 is 9.47 Å². The Morgan fingerprint density at radius 1 is 1.23 bits per heavy atom. The van der Waals surface area contributed by atoms with E-state index in [4.69, 9.17) is 9.47 Å². The van der Waals surface area contributed by atoms with Crippen molar-refractivity contribution in [3.8, 4) is 0 Å². The van der Waals surface area contributed by atoms with Crippen LogP contribution in [0.2, 0.25) is 0 Å². The molecule has 3 nitrogen and oxygen atoms in total. The van der Waals surface area contributed by atoms with Crippen LogP contribution in [0.4, 0.5) is 0 Å². The van der Waals surface area contributed by atoms with E-state index in [1.54, 1.807) is 6.08 Å². The highest BCUT2D eigenvalue weighted by Crippen LogP contribution is 2.33. The van der Waals surface area contributed by atoms with Gasteiger partial charge in [-0.05, 0) is 55.9 Å². The van der Waals surface area contributed by atoms with Gasteiger partial charge in [0.05, 0.1) is 6.10 Å². The van der Waals surface area contributed by atoms with Gasteiger partial charge in [0, 0.05) is 17.0 Å². The van der Waals surface area contributed by atoms with Gasteiger partial charge in [-0.1, -0.05) is 34.1 Å². The van der Waals surface area contributed by atoms with E-state index in [-0.39, 0.29) is 24.1 Å². The number of carbonyl (C=O) groups excluding carboxylic acids is 1. The van der Waals surface area contributed by atoms with Gasteiger partial charge in [-0.2, -0.15) is 0 Å². The molecule has 1 saturated carbocycles. The highest BCUT2D eigenvalue weighted by atomic mass is 79.9. The van der Waals surface area contributed by atoms with E-state index >= 15 is 0 Å². The van der Waals surface area contributed by atoms with Gasteiger partial charge in [0.1, 0.15) is 0 Å². The first-order valence-corrected chi connectivity index (χ1v) is 8.74. The van der Waals surface area contributed by atoms with Gasteiger partial charge >= 0.3 is 0 Å². The summed E-state index contributed by atoms with van der Waals surface area (Å²) in [5, 5.41) is 0. The Kier molecular flexibility index (Phi) is 5.45. The quantitative estimate of drug-likeness (QED) is 0.728. The highest BCUT2D eigenvalue weighted by molar-refractivity contribution is 9.10. The van der Waals surface area contributed by atoms with Crippen molar-refractivity contribution in [3.05, 3.63) is 40.4 Å². The third kappa shape index (κ3) is 4.28. The fourth-order valence-electron chi connectivity index (χ4n) is 2.83. The number of carbonyl (C=O) groups is 1. The minimum atomic E-state index is -0.0480. The maximum absolute atomic E-state index is 12.1. The average Bonchev–Trinajstić information content (AvgIpc) is 2.50. The van der Waals surface area contributed by atoms with Crippen LogP contribution in [-0.4, -0.2) is 24.8 Å². The molecule has 0 aromatic heterocycles. The maximum Gasteiger partial charge on any atom is 0.158 e. The molecule has 0 amide bonds. The third-order valence-electron chi connectivity index (χ3n) is 4.29. The fraction of sp³-hybridized carbons (Fsp3) is 0.500. The first-order chi connectivity index (χ1) is 10.7. The van der Waals surface area contributed by atoms with E-state index in [0.29, 0.717) is 0 Å². The zero-order valence-electron chi connectivity index (χ0n) is 12.5. The number of benzene rings is 1. The Labute approximate surface area is 139 Å². The Balaban J connectivity index is 1.42. The van der Waals surface area contributed by atoms with Gasteiger partial charge in [0.2, 0.25) is 0 Å². The summed E-state index contributed by atoms with van der Waals surface area (Å²) in [6.07, 6.45) is 8.66. The molecule has 1 unspecified atom stereocenters. The molecular weight excluding hydrogens is 344 g/mol. The van der Waals surface area contributed by atoms with Crippen molar-refractivity contribution in [3.63, 3.8) is 0 Å². The number of hydrogen-bond acceptors (Lipinski definition) is 3. The lowest BCUT2D eigenvalue weighted by atomic mass is 9.79. The van der Waals surface area contributed by atoms with E-state index in [1.807, 2.05) is 30.3 Å². The minimum absolute atomic E-state index is 0.0480. The molecule has 0 spiro atoms. The Hall–Kier alpha value is -0.970. The summed E-state index contributed by atoms with van der Waals surface area (Å²) in [5.74, 6) is 0.313. The van der Waals surface area contributed by atoms with Crippen molar-refractivity contribution in [1.82, 2.24) is 0 Å². The van der Waals surface area contributed by atoms with Gasteiger partial charge in [-0.15, -0.1) is 0 Å². The third-order valence-corrected chi connectivity index (χ3v) is 4.82. The van der Waals surface area contributed by atoms with E-state index in [9.17, 15) is 4.79 Å². The number of ketones is 1. The van der Waals surface area contributed by atoms with Crippen LogP contribution in [0.3, 0.4) is 0 Å². The lowest BCUT2D eigenvalue weighted by Gasteiger charge is -2.37. The summed E-state index contributed by atoms with van der Waals surface area (Å²) in [6, 6.07) is 7.92. The molecule has 4 heteroatoms. The first-order valence-electron chi connectivity index (χ1n) is 7.95. The molecule has 0 bridgehead atoms. The fourth-order valence-corrected chi connectivity index (χ4v) is 3.09. The highest BCUT2D eigenvalue weighted by Gasteiger charge is 2.35. The van der Waals surface area contributed by atoms with Crippen molar-refractivity contribution >= 4 is 27.8 Å². The lowest BCUT2D eigenvalue weighted by molar-refractivity contribution is -0.209. The summed E-state index contributed by atoms with van der Waals surface area (Å²) < 4.78 is 12.5. The van der Waals surface area contributed by atoms with E-state index in [0.717, 1.165) is 42.3 Å². The predicted molar refractivity (Wildman–Crippen MR) is 89.4 cm³/mol. The smallest absolute Gasteiger partial charge is 0.158 e. The van der Waals surface area contributed by atoms with Crippen molar-refractivity contribution in [2.24, 2.45) is 5.92 Å². The number of ether oxygens (including phenoxy) is 2. The summed E-state index contributed by atoms with van der Waals surface area (Å²) in [6.45, 7) is 0.801. The maximum atomic E-state index is 12.1. The minimum Gasteiger partial charge on any atom is -0.353 e. The number of allylic oxidation sites excluding steroid dienone is 1. The topological polar surface area (TPSA) is 35.5 Å². The van der Waals surface area contributed by atoms with Crippen LogP contribution < -0.4 is 0 Å². The largest absolute Gasteiger partial charge is 0.353 e. The van der Waals surface area contributed by atoms with Gasteiger partial charge in [-0.3, -0.25) is 4.79 Å². The molecule has 1 aliphatic carbocycles. The molecule has 1 aromatic carbocycles. The molecule has 1 aliphatic heterocycles. The van der Waals surface area contributed by atoms with E-state index < -0.39 is 0 Å². The summed E-state index contributed by atoms with van der Waals surface area (Å²) >= 11 is 3.40. The van der Waals surface area contributed by atoms with Crippen molar-refractivity contribution in [1.29, 1.82) is 0 Å². The van der Waals surface area contributed by atoms with Crippen LogP contribution in [0.25, 0.3) is 6.08 Å². The summed E-state index contributed by atoms with van der Waals surface area (Å²) in [5.41, 5.74) is 1.04. The summed E-state index contributed by atoms with van der Waals surface area (Å²) in [4.78, 5) is 12.1. The zero-order valence-corrected chi connectivity index (χ0v) is 14.1. The van der Waals surface area contributed by atoms with Crippen LogP contribution in [0.15, 0.2) is 34.8 Å². The number of halogens is 1. The van der Waals surface area contributed by atoms with Crippen LogP contribution >= 0.6 is 15.9 Å². The molecular formula is C18H21BrO3. The first kappa shape index (κ1) is 15.9. The van der Waals surface area contributed by atoms with Crippen molar-refractivity contribution < 1.29 is 14.3 Å². The van der Waals surface area contributed by atoms with Gasteiger partial charge in [0.15, 0.2) is 12.1 Å². The van der Waals surface area contributed by atoms with Gasteiger partial charge in [0.25, 0.3) is 0 Å². The average molecular weight is 365 g/mol. The monoisotopic (exact) mass is 364 g/mol. The Morgan fingerprint density at radius 3 is 2.68 bits per heavy atom. The number of rotatable bonds is 5. The number of hydrogen-bond donors (Lipinski definition) is 0. The van der Waals surface area contributed by atoms with Crippen LogP contribution in [0.1, 0.15) is 37.7 Å². The molecule has 1 heterocycles. The normalized spacial score (nSPS) is 28.5. The second-order valence-corrected chi connectivity index (χ2v) is 6.93. The molecule has 118 valence electrons. The molecule has 0 radical (unpaired) electrons. The molecule has 1 aromatic rings. The summed E-state index contributed by atoms with van der Waals surface area (Å²) in [7, 11) is 0. The molecule has 1 saturated heterocycles. The van der Waals surface area contributed by atoms with E-state index in [1.165, 1.54) is 6.42 Å². The van der Waals surface area contributed by atoms with Gasteiger partial charge in [-0.25, -0.2) is 0 Å². The molecule has 3 rings (SSSR count). The van der Waals surface area contributed by atoms with Crippen LogP contribution in [0.5, 0.6) is 0 Å². The Morgan fingerprint density at radius 2 is 2.00 bits per heavy atom. The Bertz CT molecular complexity index is 526. The van der Waals surface area contributed by atoms with Crippen molar-refractivity contribution in [2.45, 2.75) is 44.5 Å². The molecule has 2 aliphatic rings. The molecule has 1 atom stereocenters. The predicted octanol–water partition coefficient (Wildman–Crippen LogP) is 4.35. The standard InChI is InChI=1S/C18H21BrO3/c19-15-7-4-13(5-8-15)6-9-17(20)14-11-16(12-14)22-18-3-1-2-10-21-18/h4-9,14,16,18H,1-3,10-12H2. The SMILES string of the molecule is O=C(C=Cc1ccc(Br)cc1)C1CC(OC2CCCCO2)C1.